The number of rotatable bonds is 2. The van der Waals surface area contributed by atoms with Gasteiger partial charge in [-0.05, 0) is 35.9 Å². The van der Waals surface area contributed by atoms with E-state index in [-0.39, 0.29) is 11.0 Å². The van der Waals surface area contributed by atoms with E-state index in [0.29, 0.717) is 22.8 Å². The highest BCUT2D eigenvalue weighted by atomic mass is 35.5. The third kappa shape index (κ3) is 1.74. The number of nitrogen functional groups attached to an aromatic ring is 1. The van der Waals surface area contributed by atoms with Crippen molar-refractivity contribution in [1.82, 2.24) is 10.1 Å². The van der Waals surface area contributed by atoms with Crippen LogP contribution in [0.1, 0.15) is 0 Å². The minimum absolute atomic E-state index is 0.260. The molecule has 0 atom stereocenters. The van der Waals surface area contributed by atoms with Crippen molar-refractivity contribution in [3.05, 3.63) is 41.7 Å². The van der Waals surface area contributed by atoms with Crippen LogP contribution in [0.2, 0.25) is 5.22 Å². The largest absolute Gasteiger partial charge is 0.441 e. The van der Waals surface area contributed by atoms with Gasteiger partial charge in [-0.15, -0.1) is 0 Å². The average Bonchev–Trinajstić information content (AvgIpc) is 2.96. The van der Waals surface area contributed by atoms with E-state index >= 15 is 0 Å². The zero-order valence-corrected chi connectivity index (χ0v) is 9.89. The Morgan fingerprint density at radius 3 is 2.72 bits per heavy atom. The summed E-state index contributed by atoms with van der Waals surface area (Å²) in [6.45, 7) is 0. The zero-order chi connectivity index (χ0) is 12.5. The molecule has 0 radical (unpaired) electrons. The third-order valence-electron chi connectivity index (χ3n) is 2.44. The lowest BCUT2D eigenvalue weighted by atomic mass is 10.1. The Labute approximate surface area is 107 Å². The maximum Gasteiger partial charge on any atom is 0.213 e. The van der Waals surface area contributed by atoms with Crippen LogP contribution in [0.25, 0.3) is 22.8 Å². The molecule has 6 heteroatoms. The number of furan rings is 1. The van der Waals surface area contributed by atoms with Gasteiger partial charge in [0.05, 0.1) is 11.3 Å². The summed E-state index contributed by atoms with van der Waals surface area (Å²) in [5.41, 5.74) is 7.06. The summed E-state index contributed by atoms with van der Waals surface area (Å²) >= 11 is 5.74. The molecule has 0 aliphatic heterocycles. The van der Waals surface area contributed by atoms with Crippen LogP contribution in [0.5, 0.6) is 0 Å². The van der Waals surface area contributed by atoms with Gasteiger partial charge in [0.25, 0.3) is 0 Å². The van der Waals surface area contributed by atoms with Crippen molar-refractivity contribution >= 4 is 17.4 Å². The molecule has 0 aliphatic rings. The molecular weight excluding hydrogens is 254 g/mol. The molecule has 90 valence electrons. The van der Waals surface area contributed by atoms with Gasteiger partial charge in [0, 0.05) is 6.20 Å². The molecule has 0 fully saturated rings. The number of hydrogen-bond acceptors (Lipinski definition) is 5. The zero-order valence-electron chi connectivity index (χ0n) is 9.13. The van der Waals surface area contributed by atoms with Crippen LogP contribution >= 0.6 is 11.6 Å². The second kappa shape index (κ2) is 4.19. The molecule has 0 bridgehead atoms. The molecule has 0 aliphatic carbocycles. The maximum atomic E-state index is 5.80. The van der Waals surface area contributed by atoms with E-state index in [9.17, 15) is 0 Å². The van der Waals surface area contributed by atoms with Crippen LogP contribution in [0.3, 0.4) is 0 Å². The Hall–Kier alpha value is -2.27. The monoisotopic (exact) mass is 261 g/mol. The van der Waals surface area contributed by atoms with Gasteiger partial charge in [-0.3, -0.25) is 4.98 Å². The van der Waals surface area contributed by atoms with Gasteiger partial charge in [-0.2, -0.15) is 0 Å². The van der Waals surface area contributed by atoms with Crippen molar-refractivity contribution in [2.24, 2.45) is 0 Å². The van der Waals surface area contributed by atoms with Gasteiger partial charge in [-0.1, -0.05) is 11.2 Å². The summed E-state index contributed by atoms with van der Waals surface area (Å²) < 4.78 is 10.5. The first-order chi connectivity index (χ1) is 8.75. The Balaban J connectivity index is 2.18. The fourth-order valence-corrected chi connectivity index (χ4v) is 1.81. The quantitative estimate of drug-likeness (QED) is 0.766. The number of halogens is 1. The smallest absolute Gasteiger partial charge is 0.213 e. The summed E-state index contributed by atoms with van der Waals surface area (Å²) in [6.07, 6.45) is 1.67. The lowest BCUT2D eigenvalue weighted by Gasteiger charge is -1.98. The first kappa shape index (κ1) is 10.9. The van der Waals surface area contributed by atoms with Crippen molar-refractivity contribution in [1.29, 1.82) is 0 Å². The van der Waals surface area contributed by atoms with E-state index in [1.165, 1.54) is 0 Å². The van der Waals surface area contributed by atoms with Crippen molar-refractivity contribution in [2.45, 2.75) is 0 Å². The van der Waals surface area contributed by atoms with E-state index in [2.05, 4.69) is 10.1 Å². The van der Waals surface area contributed by atoms with Gasteiger partial charge in [0.1, 0.15) is 0 Å². The molecule has 0 spiro atoms. The van der Waals surface area contributed by atoms with E-state index < -0.39 is 0 Å². The standard InChI is InChI=1S/C12H8ClN3O2/c13-9-5-4-8(17-9)11-10(12(14)16-18-11)7-3-1-2-6-15-7/h1-6H,(H2,14,16). The highest BCUT2D eigenvalue weighted by molar-refractivity contribution is 6.29. The third-order valence-corrected chi connectivity index (χ3v) is 2.64. The minimum atomic E-state index is 0.260. The summed E-state index contributed by atoms with van der Waals surface area (Å²) in [6, 6.07) is 8.80. The molecule has 3 aromatic heterocycles. The molecule has 0 amide bonds. The average molecular weight is 262 g/mol. The molecule has 5 nitrogen and oxygen atoms in total. The molecule has 3 rings (SSSR count). The Morgan fingerprint density at radius 2 is 2.06 bits per heavy atom. The number of hydrogen-bond donors (Lipinski definition) is 1. The van der Waals surface area contributed by atoms with Gasteiger partial charge in [0.2, 0.25) is 5.76 Å². The van der Waals surface area contributed by atoms with Crippen LogP contribution in [0.15, 0.2) is 45.5 Å². The summed E-state index contributed by atoms with van der Waals surface area (Å²) in [5, 5.41) is 4.01. The predicted molar refractivity (Wildman–Crippen MR) is 66.9 cm³/mol. The van der Waals surface area contributed by atoms with Crippen molar-refractivity contribution in [3.8, 4) is 22.8 Å². The topological polar surface area (TPSA) is 78.1 Å². The number of aromatic nitrogens is 2. The van der Waals surface area contributed by atoms with Crippen molar-refractivity contribution in [2.75, 3.05) is 5.73 Å². The molecule has 3 heterocycles. The minimum Gasteiger partial charge on any atom is -0.441 e. The van der Waals surface area contributed by atoms with Crippen molar-refractivity contribution in [3.63, 3.8) is 0 Å². The van der Waals surface area contributed by atoms with Gasteiger partial charge >= 0.3 is 0 Å². The van der Waals surface area contributed by atoms with Gasteiger partial charge in [-0.25, -0.2) is 0 Å². The van der Waals surface area contributed by atoms with Gasteiger partial charge in [0.15, 0.2) is 16.8 Å². The molecule has 0 unspecified atom stereocenters. The number of anilines is 1. The van der Waals surface area contributed by atoms with Crippen LogP contribution in [0, 0.1) is 0 Å². The number of pyridine rings is 1. The van der Waals surface area contributed by atoms with Crippen LogP contribution in [-0.2, 0) is 0 Å². The maximum absolute atomic E-state index is 5.80. The van der Waals surface area contributed by atoms with Crippen LogP contribution < -0.4 is 5.73 Å². The van der Waals surface area contributed by atoms with E-state index in [1.54, 1.807) is 18.3 Å². The fraction of sp³-hybridized carbons (Fsp3) is 0. The van der Waals surface area contributed by atoms with E-state index in [0.717, 1.165) is 0 Å². The molecular formula is C12H8ClN3O2. The lowest BCUT2D eigenvalue weighted by Crippen LogP contribution is -1.90. The SMILES string of the molecule is Nc1noc(-c2ccc(Cl)o2)c1-c1ccccn1. The normalized spacial score (nSPS) is 10.7. The van der Waals surface area contributed by atoms with E-state index in [4.69, 9.17) is 26.3 Å². The highest BCUT2D eigenvalue weighted by Crippen LogP contribution is 2.36. The molecule has 0 saturated heterocycles. The molecule has 18 heavy (non-hydrogen) atoms. The summed E-state index contributed by atoms with van der Waals surface area (Å²) in [4.78, 5) is 4.22. The fourth-order valence-electron chi connectivity index (χ4n) is 1.67. The highest BCUT2D eigenvalue weighted by Gasteiger charge is 2.20. The van der Waals surface area contributed by atoms with Crippen molar-refractivity contribution < 1.29 is 8.94 Å². The number of nitrogens with two attached hydrogens (primary N) is 1. The molecule has 0 saturated carbocycles. The second-order valence-electron chi connectivity index (χ2n) is 3.59. The van der Waals surface area contributed by atoms with Crippen LogP contribution in [-0.4, -0.2) is 10.1 Å². The molecule has 0 aromatic carbocycles. The predicted octanol–water partition coefficient (Wildman–Crippen LogP) is 3.23. The van der Waals surface area contributed by atoms with Crippen LogP contribution in [0.4, 0.5) is 5.82 Å². The summed E-state index contributed by atoms with van der Waals surface area (Å²) in [7, 11) is 0. The Morgan fingerprint density at radius 1 is 1.17 bits per heavy atom. The number of nitrogens with zero attached hydrogens (tertiary/aromatic N) is 2. The second-order valence-corrected chi connectivity index (χ2v) is 3.96. The van der Waals surface area contributed by atoms with Gasteiger partial charge < -0.3 is 14.7 Å². The molecule has 2 N–H and O–H groups in total. The first-order valence-corrected chi connectivity index (χ1v) is 5.56. The lowest BCUT2D eigenvalue weighted by molar-refractivity contribution is 0.421. The van der Waals surface area contributed by atoms with E-state index in [1.807, 2.05) is 18.2 Å². The molecule has 3 aromatic rings. The summed E-state index contributed by atoms with van der Waals surface area (Å²) in [5.74, 6) is 1.14. The first-order valence-electron chi connectivity index (χ1n) is 5.18. The Bertz CT molecular complexity index is 676. The Kier molecular flexibility index (Phi) is 2.53.